The topological polar surface area (TPSA) is 150 Å². The van der Waals surface area contributed by atoms with Gasteiger partial charge in [-0.05, 0) is 59.7 Å². The maximum Gasteiger partial charge on any atom is 0.299 e. The Labute approximate surface area is 229 Å². The van der Waals surface area contributed by atoms with Gasteiger partial charge in [-0.2, -0.15) is 8.42 Å². The number of nitrogens with one attached hydrogen (secondary N) is 2. The summed E-state index contributed by atoms with van der Waals surface area (Å²) < 4.78 is 32.1. The van der Waals surface area contributed by atoms with Crippen LogP contribution in [0.2, 0.25) is 0 Å². The molecule has 1 fully saturated rings. The van der Waals surface area contributed by atoms with E-state index in [4.69, 9.17) is 26.4 Å². The van der Waals surface area contributed by atoms with E-state index in [-0.39, 0.29) is 43.3 Å². The number of fused-ring (bicyclic) bond motifs is 1. The van der Waals surface area contributed by atoms with Crippen molar-refractivity contribution in [1.82, 2.24) is 4.90 Å². The fourth-order valence-corrected chi connectivity index (χ4v) is 4.99. The van der Waals surface area contributed by atoms with Gasteiger partial charge in [0, 0.05) is 31.5 Å². The molecule has 0 aromatic heterocycles. The minimum Gasteiger partial charge on any atom is -0.490 e. The smallest absolute Gasteiger partial charge is 0.299 e. The summed E-state index contributed by atoms with van der Waals surface area (Å²) in [6.07, 6.45) is 1.71. The first-order valence-electron chi connectivity index (χ1n) is 11.3. The number of nitrogen functional groups attached to an aromatic ring is 1. The third kappa shape index (κ3) is 7.48. The molecule has 3 aromatic rings. The number of hydrogen-bond donors (Lipinski definition) is 4. The second-order valence-corrected chi connectivity index (χ2v) is 10.2. The molecule has 200 valence electrons. The maximum absolute atomic E-state index is 12.4. The van der Waals surface area contributed by atoms with Crippen LogP contribution >= 0.6 is 24.8 Å². The van der Waals surface area contributed by atoms with E-state index in [0.717, 1.165) is 46.6 Å². The van der Waals surface area contributed by atoms with Crippen LogP contribution in [0.5, 0.6) is 5.75 Å². The Morgan fingerprint density at radius 2 is 1.62 bits per heavy atom. The van der Waals surface area contributed by atoms with E-state index in [9.17, 15) is 8.42 Å². The van der Waals surface area contributed by atoms with Crippen LogP contribution in [0.1, 0.15) is 30.9 Å². The molecule has 0 bridgehead atoms. The molecule has 6 N–H and O–H groups in total. The minimum atomic E-state index is -4.03. The Hall–Kier alpha value is -3.05. The standard InChI is InChI=1S/C25H30N6O3S.2ClH/c1-17(26)30-12-10-24(11-13-30)34-23-8-6-22(7-9-23)31(35(29,32)33)16-18-2-3-19-4-5-20(25(27)28)15-21(19)14-18;;/h2-9,14-15,24,26H,10-13,16H2,1H3,(H3,27,28)(H2,29,32,33);2*1H. The SMILES string of the molecule is CC(=N)N1CCC(Oc2ccc(N(Cc3ccc4ccc(C(=N)N)cc4c3)S(N)(=O)=O)cc2)CC1.Cl.Cl. The van der Waals surface area contributed by atoms with Crippen LogP contribution in [0.25, 0.3) is 10.8 Å². The lowest BCUT2D eigenvalue weighted by Crippen LogP contribution is -2.40. The number of halogens is 2. The average Bonchev–Trinajstić information content (AvgIpc) is 2.82. The Kier molecular flexibility index (Phi) is 10.2. The molecule has 1 aliphatic heterocycles. The molecule has 0 spiro atoms. The zero-order valence-corrected chi connectivity index (χ0v) is 22.8. The second-order valence-electron chi connectivity index (χ2n) is 8.75. The van der Waals surface area contributed by atoms with Crippen LogP contribution in [0.3, 0.4) is 0 Å². The van der Waals surface area contributed by atoms with E-state index >= 15 is 0 Å². The molecule has 0 radical (unpaired) electrons. The molecule has 12 heteroatoms. The summed E-state index contributed by atoms with van der Waals surface area (Å²) in [5.74, 6) is 1.21. The first-order valence-corrected chi connectivity index (χ1v) is 12.8. The highest BCUT2D eigenvalue weighted by molar-refractivity contribution is 7.90. The predicted molar refractivity (Wildman–Crippen MR) is 154 cm³/mol. The minimum absolute atomic E-state index is 0. The Morgan fingerprint density at radius 1 is 1.00 bits per heavy atom. The van der Waals surface area contributed by atoms with E-state index in [1.165, 1.54) is 0 Å². The van der Waals surface area contributed by atoms with Crippen molar-refractivity contribution in [3.63, 3.8) is 0 Å². The molecular formula is C25H32Cl2N6O3S. The number of hydrogen-bond acceptors (Lipinski definition) is 5. The monoisotopic (exact) mass is 566 g/mol. The zero-order valence-electron chi connectivity index (χ0n) is 20.4. The van der Waals surface area contributed by atoms with Gasteiger partial charge in [-0.3, -0.25) is 15.1 Å². The summed E-state index contributed by atoms with van der Waals surface area (Å²) in [5.41, 5.74) is 7.40. The summed E-state index contributed by atoms with van der Waals surface area (Å²) in [6.45, 7) is 3.42. The predicted octanol–water partition coefficient (Wildman–Crippen LogP) is 4.02. The van der Waals surface area contributed by atoms with Crippen molar-refractivity contribution in [3.8, 4) is 5.75 Å². The highest BCUT2D eigenvalue weighted by Gasteiger charge is 2.22. The van der Waals surface area contributed by atoms with E-state index in [2.05, 4.69) is 0 Å². The first kappa shape index (κ1) is 30.2. The highest BCUT2D eigenvalue weighted by atomic mass is 35.5. The lowest BCUT2D eigenvalue weighted by molar-refractivity contribution is 0.130. The van der Waals surface area contributed by atoms with Crippen LogP contribution in [0.4, 0.5) is 5.69 Å². The van der Waals surface area contributed by atoms with Gasteiger partial charge in [-0.25, -0.2) is 5.14 Å². The van der Waals surface area contributed by atoms with Gasteiger partial charge in [-0.15, -0.1) is 24.8 Å². The first-order chi connectivity index (χ1) is 16.6. The number of anilines is 1. The number of piperidine rings is 1. The lowest BCUT2D eigenvalue weighted by Gasteiger charge is -2.32. The molecule has 0 amide bonds. The van der Waals surface area contributed by atoms with Crippen LogP contribution < -0.4 is 19.9 Å². The van der Waals surface area contributed by atoms with Crippen molar-refractivity contribution in [3.05, 3.63) is 71.8 Å². The quantitative estimate of drug-likeness (QED) is 0.251. The summed E-state index contributed by atoms with van der Waals surface area (Å²) in [6, 6.07) is 18.0. The molecule has 1 saturated heterocycles. The molecule has 1 heterocycles. The number of nitrogens with zero attached hydrogens (tertiary/aromatic N) is 2. The second kappa shape index (κ2) is 12.5. The highest BCUT2D eigenvalue weighted by Crippen LogP contribution is 2.26. The zero-order chi connectivity index (χ0) is 25.2. The van der Waals surface area contributed by atoms with Gasteiger partial charge in [0.1, 0.15) is 17.7 Å². The number of rotatable bonds is 7. The molecule has 0 atom stereocenters. The lowest BCUT2D eigenvalue weighted by atomic mass is 10.0. The number of ether oxygens (including phenoxy) is 1. The van der Waals surface area contributed by atoms with Crippen molar-refractivity contribution in [1.29, 1.82) is 10.8 Å². The fraction of sp³-hybridized carbons (Fsp3) is 0.280. The van der Waals surface area contributed by atoms with Crippen molar-refractivity contribution in [2.24, 2.45) is 10.9 Å². The number of nitrogens with two attached hydrogens (primary N) is 2. The Balaban J connectivity index is 0.00000241. The molecular weight excluding hydrogens is 535 g/mol. The van der Waals surface area contributed by atoms with Crippen LogP contribution in [-0.2, 0) is 16.8 Å². The van der Waals surface area contributed by atoms with E-state index < -0.39 is 10.2 Å². The third-order valence-corrected chi connectivity index (χ3v) is 7.15. The van der Waals surface area contributed by atoms with Crippen molar-refractivity contribution in [2.45, 2.75) is 32.4 Å². The summed E-state index contributed by atoms with van der Waals surface area (Å²) >= 11 is 0. The molecule has 0 unspecified atom stereocenters. The van der Waals surface area contributed by atoms with E-state index in [1.54, 1.807) is 37.3 Å². The van der Waals surface area contributed by atoms with Gasteiger partial charge in [-0.1, -0.05) is 24.3 Å². The average molecular weight is 568 g/mol. The summed E-state index contributed by atoms with van der Waals surface area (Å²) in [7, 11) is -4.03. The van der Waals surface area contributed by atoms with E-state index in [0.29, 0.717) is 22.8 Å². The molecule has 9 nitrogen and oxygen atoms in total. The third-order valence-electron chi connectivity index (χ3n) is 6.19. The fourth-order valence-electron chi connectivity index (χ4n) is 4.25. The summed E-state index contributed by atoms with van der Waals surface area (Å²) in [4.78, 5) is 2.03. The normalized spacial score (nSPS) is 13.8. The number of benzene rings is 3. The van der Waals surface area contributed by atoms with Gasteiger partial charge in [0.05, 0.1) is 18.1 Å². The van der Waals surface area contributed by atoms with Crippen molar-refractivity contribution < 1.29 is 13.2 Å². The molecule has 4 rings (SSSR count). The van der Waals surface area contributed by atoms with Gasteiger partial charge < -0.3 is 15.4 Å². The van der Waals surface area contributed by atoms with Crippen LogP contribution in [0.15, 0.2) is 60.7 Å². The number of likely N-dealkylation sites (tertiary alicyclic amines) is 1. The van der Waals surface area contributed by atoms with Crippen molar-refractivity contribution >= 4 is 63.2 Å². The summed E-state index contributed by atoms with van der Waals surface area (Å²) in [5, 5.41) is 22.8. The Bertz CT molecular complexity index is 1360. The number of amidine groups is 2. The van der Waals surface area contributed by atoms with Crippen LogP contribution in [-0.4, -0.2) is 44.2 Å². The van der Waals surface area contributed by atoms with E-state index in [1.807, 2.05) is 35.2 Å². The molecule has 0 saturated carbocycles. The molecule has 3 aromatic carbocycles. The van der Waals surface area contributed by atoms with Gasteiger partial charge in [0.15, 0.2) is 0 Å². The van der Waals surface area contributed by atoms with Gasteiger partial charge >= 0.3 is 0 Å². The molecule has 1 aliphatic rings. The largest absolute Gasteiger partial charge is 0.490 e. The molecule has 37 heavy (non-hydrogen) atoms. The maximum atomic E-state index is 12.4. The van der Waals surface area contributed by atoms with Gasteiger partial charge in [0.25, 0.3) is 10.2 Å². The molecule has 0 aliphatic carbocycles. The van der Waals surface area contributed by atoms with Crippen molar-refractivity contribution in [2.75, 3.05) is 17.4 Å². The van der Waals surface area contributed by atoms with Crippen LogP contribution in [0, 0.1) is 10.8 Å². The Morgan fingerprint density at radius 3 is 2.19 bits per heavy atom. The van der Waals surface area contributed by atoms with Gasteiger partial charge in [0.2, 0.25) is 0 Å².